The zero-order chi connectivity index (χ0) is 40.3. The maximum absolute atomic E-state index is 15.1. The molecule has 0 saturated carbocycles. The molecule has 0 atom stereocenters. The number of morpholine rings is 2. The Bertz CT molecular complexity index is 2610. The lowest BCUT2D eigenvalue weighted by atomic mass is 10.0. The Kier molecular flexibility index (Phi) is 11.3. The number of fused-ring (bicyclic) bond motifs is 2. The number of hydrogen-bond donors (Lipinski definition) is 1. The molecule has 0 spiro atoms. The van der Waals surface area contributed by atoms with Crippen LogP contribution in [0.25, 0.3) is 44.6 Å². The van der Waals surface area contributed by atoms with E-state index in [4.69, 9.17) is 26.1 Å². The van der Waals surface area contributed by atoms with Crippen molar-refractivity contribution in [2.24, 2.45) is 0 Å². The molecule has 9 rings (SSSR count). The average Bonchev–Trinajstić information content (AvgIpc) is 3.25. The Morgan fingerprint density at radius 3 is 1.74 bits per heavy atom. The van der Waals surface area contributed by atoms with Gasteiger partial charge >= 0.3 is 0 Å². The lowest BCUT2D eigenvalue weighted by molar-refractivity contribution is 0.122. The van der Waals surface area contributed by atoms with Gasteiger partial charge in [-0.25, -0.2) is 32.5 Å². The Labute approximate surface area is 336 Å². The van der Waals surface area contributed by atoms with Crippen LogP contribution < -0.4 is 15.1 Å². The lowest BCUT2D eigenvalue weighted by Crippen LogP contribution is -2.38. The number of anilines is 4. The number of aromatic nitrogens is 5. The molecule has 2 aromatic carbocycles. The van der Waals surface area contributed by atoms with Gasteiger partial charge in [-0.1, -0.05) is 23.7 Å². The van der Waals surface area contributed by atoms with Gasteiger partial charge in [0, 0.05) is 67.0 Å². The molecule has 7 heterocycles. The van der Waals surface area contributed by atoms with Gasteiger partial charge in [-0.3, -0.25) is 9.97 Å². The van der Waals surface area contributed by atoms with Gasteiger partial charge in [0.1, 0.15) is 22.7 Å². The van der Waals surface area contributed by atoms with Crippen LogP contribution in [0, 0.1) is 37.1 Å². The van der Waals surface area contributed by atoms with Crippen molar-refractivity contribution < 1.29 is 27.0 Å². The third kappa shape index (κ3) is 7.95. The topological polar surface area (TPSA) is 101 Å². The molecule has 2 aliphatic rings. The molecule has 7 aromatic rings. The largest absolute Gasteiger partial charge is 0.378 e. The van der Waals surface area contributed by atoms with Crippen molar-refractivity contribution >= 4 is 56.3 Å². The summed E-state index contributed by atoms with van der Waals surface area (Å²) in [4.78, 5) is 26.7. The highest BCUT2D eigenvalue weighted by molar-refractivity contribution is 6.36. The normalized spacial score (nSPS) is 14.4. The van der Waals surface area contributed by atoms with Gasteiger partial charge in [0.2, 0.25) is 0 Å². The summed E-state index contributed by atoms with van der Waals surface area (Å²) in [7, 11) is 0. The van der Waals surface area contributed by atoms with Gasteiger partial charge in [-0.2, -0.15) is 0 Å². The van der Waals surface area contributed by atoms with E-state index in [0.717, 1.165) is 48.0 Å². The zero-order valence-corrected chi connectivity index (χ0v) is 32.3. The van der Waals surface area contributed by atoms with Crippen LogP contribution >= 0.6 is 11.6 Å². The van der Waals surface area contributed by atoms with Crippen LogP contribution in [-0.4, -0.2) is 77.5 Å². The van der Waals surface area contributed by atoms with Crippen LogP contribution in [0.3, 0.4) is 0 Å². The van der Waals surface area contributed by atoms with Gasteiger partial charge in [-0.05, 0) is 61.9 Å². The predicted molar refractivity (Wildman–Crippen MR) is 218 cm³/mol. The standard InChI is InChI=1S/C28H28F2N6O2.C15H9ClF2N2/c1-18-25(21-14-19(29)15-22(30)27(21)34-26(18)23-4-2-3-5-31-23)33-24-16-20(35-6-10-37-11-7-35)17-32-28(24)36-8-12-38-13-9-36;1-8-13(16)10-6-9(17)7-11(18)15(10)20-14(8)12-4-2-3-5-19-12/h2-5,14-17H,6-13H2,1H3,(H,33,34);2-7H,1H3. The second kappa shape index (κ2) is 16.9. The minimum Gasteiger partial charge on any atom is -0.378 e. The molecule has 58 heavy (non-hydrogen) atoms. The quantitative estimate of drug-likeness (QED) is 0.164. The van der Waals surface area contributed by atoms with E-state index in [0.29, 0.717) is 78.9 Å². The first-order valence-corrected chi connectivity index (χ1v) is 19.0. The number of nitrogens with zero attached hydrogens (tertiary/aromatic N) is 7. The number of hydrogen-bond acceptors (Lipinski definition) is 10. The molecule has 1 N–H and O–H groups in total. The molecule has 0 aliphatic carbocycles. The summed E-state index contributed by atoms with van der Waals surface area (Å²) in [6.45, 7) is 9.03. The molecular weight excluding hydrogens is 772 g/mol. The smallest absolute Gasteiger partial charge is 0.152 e. The predicted octanol–water partition coefficient (Wildman–Crippen LogP) is 9.23. The maximum atomic E-state index is 15.1. The number of halogens is 5. The van der Waals surface area contributed by atoms with Crippen LogP contribution in [-0.2, 0) is 9.47 Å². The molecule has 10 nitrogen and oxygen atoms in total. The van der Waals surface area contributed by atoms with E-state index in [9.17, 15) is 13.2 Å². The summed E-state index contributed by atoms with van der Waals surface area (Å²) in [5, 5.41) is 4.42. The Balaban J connectivity index is 0.000000197. The Morgan fingerprint density at radius 2 is 1.17 bits per heavy atom. The van der Waals surface area contributed by atoms with Crippen LogP contribution in [0.5, 0.6) is 0 Å². The van der Waals surface area contributed by atoms with Gasteiger partial charge in [0.15, 0.2) is 17.5 Å². The molecule has 0 unspecified atom stereocenters. The first-order chi connectivity index (χ1) is 28.2. The van der Waals surface area contributed by atoms with Crippen molar-refractivity contribution in [2.75, 3.05) is 67.7 Å². The minimum absolute atomic E-state index is 0.0441. The van der Waals surface area contributed by atoms with Crippen LogP contribution in [0.1, 0.15) is 11.1 Å². The zero-order valence-electron chi connectivity index (χ0n) is 31.6. The number of ether oxygens (including phenoxy) is 2. The summed E-state index contributed by atoms with van der Waals surface area (Å²) in [6, 6.07) is 17.0. The average molecular weight is 809 g/mol. The summed E-state index contributed by atoms with van der Waals surface area (Å²) < 4.78 is 67.8. The monoisotopic (exact) mass is 808 g/mol. The van der Waals surface area contributed by atoms with E-state index in [1.165, 1.54) is 12.1 Å². The third-order valence-corrected chi connectivity index (χ3v) is 10.5. The fourth-order valence-corrected chi connectivity index (χ4v) is 7.33. The summed E-state index contributed by atoms with van der Waals surface area (Å²) in [6.07, 6.45) is 5.16. The summed E-state index contributed by atoms with van der Waals surface area (Å²) >= 11 is 6.22. The SMILES string of the molecule is Cc1c(-c2ccccn2)nc2c(F)cc(F)cc2c1Cl.Cc1c(-c2ccccn2)nc2c(F)cc(F)cc2c1Nc1cc(N2CCOCC2)cnc1N1CCOCC1. The van der Waals surface area contributed by atoms with Crippen LogP contribution in [0.4, 0.5) is 40.4 Å². The van der Waals surface area contributed by atoms with Crippen molar-refractivity contribution in [2.45, 2.75) is 13.8 Å². The van der Waals surface area contributed by atoms with E-state index >= 15 is 4.39 Å². The lowest BCUT2D eigenvalue weighted by Gasteiger charge is -2.32. The first-order valence-electron chi connectivity index (χ1n) is 18.7. The highest BCUT2D eigenvalue weighted by Crippen LogP contribution is 2.39. The molecule has 5 aromatic heterocycles. The van der Waals surface area contributed by atoms with Crippen LogP contribution in [0.2, 0.25) is 5.02 Å². The highest BCUT2D eigenvalue weighted by Gasteiger charge is 2.23. The molecule has 15 heteroatoms. The van der Waals surface area contributed by atoms with Crippen molar-refractivity contribution in [3.05, 3.63) is 125 Å². The van der Waals surface area contributed by atoms with Gasteiger partial charge in [0.25, 0.3) is 0 Å². The van der Waals surface area contributed by atoms with Crippen molar-refractivity contribution in [3.63, 3.8) is 0 Å². The molecular formula is C43H37ClF4N8O2. The molecule has 2 saturated heterocycles. The first kappa shape index (κ1) is 38.9. The number of pyridine rings is 5. The van der Waals surface area contributed by atoms with Crippen molar-refractivity contribution in [1.82, 2.24) is 24.9 Å². The Morgan fingerprint density at radius 1 is 0.638 bits per heavy atom. The van der Waals surface area contributed by atoms with Gasteiger partial charge < -0.3 is 24.6 Å². The summed E-state index contributed by atoms with van der Waals surface area (Å²) in [5.41, 5.74) is 5.95. The number of rotatable bonds is 6. The molecule has 0 amide bonds. The summed E-state index contributed by atoms with van der Waals surface area (Å²) in [5.74, 6) is -2.05. The van der Waals surface area contributed by atoms with E-state index in [1.807, 2.05) is 43.5 Å². The molecule has 2 fully saturated rings. The fraction of sp³-hybridized carbons (Fsp3) is 0.233. The minimum atomic E-state index is -0.737. The van der Waals surface area contributed by atoms with Crippen LogP contribution in [0.15, 0.2) is 85.3 Å². The fourth-order valence-electron chi connectivity index (χ4n) is 7.10. The molecule has 0 bridgehead atoms. The maximum Gasteiger partial charge on any atom is 0.152 e. The van der Waals surface area contributed by atoms with E-state index in [2.05, 4.69) is 35.1 Å². The molecule has 2 aliphatic heterocycles. The molecule has 0 radical (unpaired) electrons. The molecule has 296 valence electrons. The Hall–Kier alpha value is -5.96. The van der Waals surface area contributed by atoms with Gasteiger partial charge in [-0.15, -0.1) is 0 Å². The number of nitrogens with one attached hydrogen (secondary N) is 1. The highest BCUT2D eigenvalue weighted by atomic mass is 35.5. The van der Waals surface area contributed by atoms with Crippen molar-refractivity contribution in [3.8, 4) is 22.8 Å². The number of benzene rings is 2. The van der Waals surface area contributed by atoms with E-state index in [1.54, 1.807) is 31.5 Å². The second-order valence-electron chi connectivity index (χ2n) is 13.7. The second-order valence-corrected chi connectivity index (χ2v) is 14.1. The van der Waals surface area contributed by atoms with E-state index < -0.39 is 23.3 Å². The van der Waals surface area contributed by atoms with Gasteiger partial charge in [0.05, 0.1) is 77.5 Å². The van der Waals surface area contributed by atoms with Crippen molar-refractivity contribution in [1.29, 1.82) is 0 Å². The third-order valence-electron chi connectivity index (χ3n) is 10.0. The van der Waals surface area contributed by atoms with E-state index in [-0.39, 0.29) is 21.4 Å².